The third-order valence-corrected chi connectivity index (χ3v) is 8.66. The zero-order valence-corrected chi connectivity index (χ0v) is 19.6. The highest BCUT2D eigenvalue weighted by molar-refractivity contribution is 7.92. The number of methoxy groups -OCH3 is 2. The van der Waals surface area contributed by atoms with Crippen LogP contribution in [-0.4, -0.2) is 41.0 Å². The Bertz CT molecular complexity index is 1550. The molecule has 3 aromatic carbocycles. The lowest BCUT2D eigenvalue weighted by atomic mass is 10.3. The van der Waals surface area contributed by atoms with Crippen molar-refractivity contribution in [2.75, 3.05) is 14.2 Å². The highest BCUT2D eigenvalue weighted by Crippen LogP contribution is 2.30. The minimum absolute atomic E-state index is 0.00413. The van der Waals surface area contributed by atoms with E-state index in [4.69, 9.17) is 9.47 Å². The van der Waals surface area contributed by atoms with Crippen LogP contribution in [0.5, 0.6) is 11.5 Å². The van der Waals surface area contributed by atoms with Crippen molar-refractivity contribution in [1.82, 2.24) is 9.97 Å². The van der Waals surface area contributed by atoms with Crippen LogP contribution in [0.4, 0.5) is 0 Å². The van der Waals surface area contributed by atoms with Gasteiger partial charge in [-0.15, -0.1) is 0 Å². The van der Waals surface area contributed by atoms with Gasteiger partial charge in [-0.2, -0.15) is 0 Å². The molecule has 1 heterocycles. The lowest BCUT2D eigenvalue weighted by Gasteiger charge is -2.12. The molecule has 0 spiro atoms. The number of benzene rings is 3. The molecule has 1 aromatic heterocycles. The molecule has 4 rings (SSSR count). The highest BCUT2D eigenvalue weighted by atomic mass is 32.2. The van der Waals surface area contributed by atoms with Crippen molar-refractivity contribution in [1.29, 1.82) is 0 Å². The van der Waals surface area contributed by atoms with E-state index in [1.54, 1.807) is 12.1 Å². The first kappa shape index (κ1) is 22.7. The second kappa shape index (κ2) is 8.45. The number of nitrogens with zero attached hydrogens (tertiary/aromatic N) is 2. The largest absolute Gasteiger partial charge is 0.497 e. The van der Waals surface area contributed by atoms with Crippen LogP contribution in [0.1, 0.15) is 5.69 Å². The zero-order valence-electron chi connectivity index (χ0n) is 18.0. The van der Waals surface area contributed by atoms with Gasteiger partial charge in [-0.1, -0.05) is 6.07 Å². The molecule has 0 amide bonds. The van der Waals surface area contributed by atoms with Crippen molar-refractivity contribution in [3.63, 3.8) is 0 Å². The number of sulfone groups is 2. The summed E-state index contributed by atoms with van der Waals surface area (Å²) in [5.41, 5.74) is 0.416. The molecule has 10 heteroatoms. The molecule has 0 N–H and O–H groups in total. The van der Waals surface area contributed by atoms with Gasteiger partial charge in [0.1, 0.15) is 17.0 Å². The summed E-state index contributed by atoms with van der Waals surface area (Å²) >= 11 is 0. The monoisotopic (exact) mass is 484 g/mol. The van der Waals surface area contributed by atoms with Gasteiger partial charge < -0.3 is 9.47 Å². The average Bonchev–Trinajstić information content (AvgIpc) is 2.83. The van der Waals surface area contributed by atoms with E-state index in [2.05, 4.69) is 9.97 Å². The molecule has 0 aliphatic carbocycles. The fourth-order valence-corrected chi connectivity index (χ4v) is 6.12. The first-order chi connectivity index (χ1) is 15.7. The maximum absolute atomic E-state index is 13.4. The van der Waals surface area contributed by atoms with Gasteiger partial charge in [-0.3, -0.25) is 0 Å². The van der Waals surface area contributed by atoms with E-state index in [0.29, 0.717) is 11.5 Å². The van der Waals surface area contributed by atoms with Crippen LogP contribution < -0.4 is 9.47 Å². The molecule has 0 bridgehead atoms. The lowest BCUT2D eigenvalue weighted by molar-refractivity contribution is 0.414. The maximum atomic E-state index is 13.4. The van der Waals surface area contributed by atoms with Gasteiger partial charge in [-0.25, -0.2) is 26.8 Å². The van der Waals surface area contributed by atoms with Crippen LogP contribution in [0.15, 0.2) is 86.4 Å². The Hall–Kier alpha value is -3.50. The van der Waals surface area contributed by atoms with Crippen LogP contribution in [0, 0.1) is 6.92 Å². The second-order valence-corrected chi connectivity index (χ2v) is 10.9. The molecule has 33 heavy (non-hydrogen) atoms. The highest BCUT2D eigenvalue weighted by Gasteiger charge is 2.27. The van der Waals surface area contributed by atoms with Gasteiger partial charge in [0.05, 0.1) is 40.1 Å². The third kappa shape index (κ3) is 4.03. The first-order valence-electron chi connectivity index (χ1n) is 9.74. The molecular weight excluding hydrogens is 464 g/mol. The molecule has 0 saturated carbocycles. The summed E-state index contributed by atoms with van der Waals surface area (Å²) in [6.07, 6.45) is 0. The lowest BCUT2D eigenvalue weighted by Crippen LogP contribution is -2.11. The number of fused-ring (bicyclic) bond motifs is 1. The van der Waals surface area contributed by atoms with Crippen molar-refractivity contribution in [3.8, 4) is 11.5 Å². The van der Waals surface area contributed by atoms with E-state index in [1.165, 1.54) is 75.7 Å². The molecule has 4 aromatic rings. The molecule has 0 atom stereocenters. The summed E-state index contributed by atoms with van der Waals surface area (Å²) in [5.74, 6) is 1.01. The Balaban J connectivity index is 1.91. The number of hydrogen-bond donors (Lipinski definition) is 0. The smallest absolute Gasteiger partial charge is 0.225 e. The van der Waals surface area contributed by atoms with Crippen molar-refractivity contribution >= 4 is 30.7 Å². The normalized spacial score (nSPS) is 12.0. The maximum Gasteiger partial charge on any atom is 0.225 e. The topological polar surface area (TPSA) is 113 Å². The van der Waals surface area contributed by atoms with E-state index in [1.807, 2.05) is 0 Å². The summed E-state index contributed by atoms with van der Waals surface area (Å²) in [6.45, 7) is 1.52. The Kier molecular flexibility index (Phi) is 5.81. The summed E-state index contributed by atoms with van der Waals surface area (Å²) in [5, 5.41) is -0.308. The minimum atomic E-state index is -4.06. The molecule has 0 aliphatic heterocycles. The minimum Gasteiger partial charge on any atom is -0.497 e. The van der Waals surface area contributed by atoms with Gasteiger partial charge in [0.2, 0.25) is 19.7 Å². The fourth-order valence-electron chi connectivity index (χ4n) is 3.34. The molecule has 0 saturated heterocycles. The summed E-state index contributed by atoms with van der Waals surface area (Å²) < 4.78 is 63.5. The van der Waals surface area contributed by atoms with Gasteiger partial charge >= 0.3 is 0 Å². The van der Waals surface area contributed by atoms with Gasteiger partial charge in [0, 0.05) is 0 Å². The quantitative estimate of drug-likeness (QED) is 0.408. The van der Waals surface area contributed by atoms with E-state index in [0.717, 1.165) is 0 Å². The molecule has 0 fully saturated rings. The predicted molar refractivity (Wildman–Crippen MR) is 121 cm³/mol. The van der Waals surface area contributed by atoms with E-state index in [9.17, 15) is 16.8 Å². The SMILES string of the molecule is COc1ccc(S(=O)(=O)c2nc3c(S(=O)(=O)c4ccc(OC)cc4)cccc3nc2C)cc1. The average molecular weight is 485 g/mol. The van der Waals surface area contributed by atoms with Crippen LogP contribution in [0.2, 0.25) is 0 Å². The van der Waals surface area contributed by atoms with Crippen LogP contribution in [0.25, 0.3) is 11.0 Å². The van der Waals surface area contributed by atoms with Gasteiger partial charge in [-0.05, 0) is 67.6 Å². The summed E-state index contributed by atoms with van der Waals surface area (Å²) in [6, 6.07) is 16.3. The number of aryl methyl sites for hydroxylation is 1. The number of rotatable bonds is 6. The van der Waals surface area contributed by atoms with Crippen molar-refractivity contribution < 1.29 is 26.3 Å². The van der Waals surface area contributed by atoms with Crippen molar-refractivity contribution in [3.05, 3.63) is 72.4 Å². The second-order valence-electron chi connectivity index (χ2n) is 7.10. The first-order valence-corrected chi connectivity index (χ1v) is 12.7. The van der Waals surface area contributed by atoms with E-state index >= 15 is 0 Å². The standard InChI is InChI=1S/C23H20N2O6S2/c1-15-23(33(28,29)19-13-9-17(31-3)10-14-19)25-22-20(24-15)5-4-6-21(22)32(26,27)18-11-7-16(30-2)8-12-18/h4-14H,1-3H3. The van der Waals surface area contributed by atoms with Crippen molar-refractivity contribution in [2.45, 2.75) is 26.6 Å². The Morgan fingerprint density at radius 1 is 0.667 bits per heavy atom. The molecule has 0 unspecified atom stereocenters. The molecule has 0 radical (unpaired) electrons. The van der Waals surface area contributed by atoms with Crippen LogP contribution in [0.3, 0.4) is 0 Å². The van der Waals surface area contributed by atoms with Gasteiger partial charge in [0.15, 0.2) is 5.03 Å². The summed E-state index contributed by atoms with van der Waals surface area (Å²) in [4.78, 5) is 8.54. The number of aromatic nitrogens is 2. The molecule has 0 aliphatic rings. The van der Waals surface area contributed by atoms with Gasteiger partial charge in [0.25, 0.3) is 0 Å². The fraction of sp³-hybridized carbons (Fsp3) is 0.130. The van der Waals surface area contributed by atoms with E-state index < -0.39 is 19.7 Å². The van der Waals surface area contributed by atoms with Crippen LogP contribution in [-0.2, 0) is 19.7 Å². The molecular formula is C23H20N2O6S2. The Morgan fingerprint density at radius 3 is 1.70 bits per heavy atom. The Labute approximate surface area is 191 Å². The molecule has 8 nitrogen and oxygen atoms in total. The number of ether oxygens (including phenoxy) is 2. The summed E-state index contributed by atoms with van der Waals surface area (Å²) in [7, 11) is -5.11. The number of para-hydroxylation sites is 1. The number of hydrogen-bond acceptors (Lipinski definition) is 8. The van der Waals surface area contributed by atoms with Crippen molar-refractivity contribution in [2.24, 2.45) is 0 Å². The Morgan fingerprint density at radius 2 is 1.18 bits per heavy atom. The molecule has 170 valence electrons. The van der Waals surface area contributed by atoms with E-state index in [-0.39, 0.29) is 36.4 Å². The van der Waals surface area contributed by atoms with Crippen LogP contribution >= 0.6 is 0 Å². The predicted octanol–water partition coefficient (Wildman–Crippen LogP) is 3.62. The zero-order chi connectivity index (χ0) is 23.8. The third-order valence-electron chi connectivity index (χ3n) is 5.07.